The summed E-state index contributed by atoms with van der Waals surface area (Å²) in [5.41, 5.74) is 6.45. The number of ether oxygens (including phenoxy) is 2. The molecule has 196 valence electrons. The molecule has 8 nitrogen and oxygen atoms in total. The van der Waals surface area contributed by atoms with Crippen LogP contribution in [0.25, 0.3) is 10.2 Å². The Morgan fingerprint density at radius 3 is 2.76 bits per heavy atom. The topological polar surface area (TPSA) is 94.8 Å². The van der Waals surface area contributed by atoms with Gasteiger partial charge in [-0.1, -0.05) is 29.8 Å². The van der Waals surface area contributed by atoms with Crippen molar-refractivity contribution in [3.8, 4) is 11.5 Å². The van der Waals surface area contributed by atoms with E-state index in [2.05, 4.69) is 15.5 Å². The number of hydrazone groups is 1. The third-order valence-electron chi connectivity index (χ3n) is 6.79. The maximum atomic E-state index is 13.2. The first-order valence-electron chi connectivity index (χ1n) is 12.7. The van der Waals surface area contributed by atoms with Crippen molar-refractivity contribution < 1.29 is 14.3 Å². The molecule has 38 heavy (non-hydrogen) atoms. The van der Waals surface area contributed by atoms with E-state index in [1.165, 1.54) is 27.5 Å². The van der Waals surface area contributed by atoms with Gasteiger partial charge in [-0.3, -0.25) is 14.2 Å². The van der Waals surface area contributed by atoms with Gasteiger partial charge in [0.25, 0.3) is 11.5 Å². The summed E-state index contributed by atoms with van der Waals surface area (Å²) in [6, 6.07) is 12.8. The van der Waals surface area contributed by atoms with E-state index in [0.29, 0.717) is 23.5 Å². The Bertz CT molecular complexity index is 1560. The van der Waals surface area contributed by atoms with Crippen LogP contribution < -0.4 is 20.5 Å². The third-order valence-corrected chi connectivity index (χ3v) is 7.99. The van der Waals surface area contributed by atoms with Crippen LogP contribution in [-0.2, 0) is 24.2 Å². The Morgan fingerprint density at radius 1 is 1.18 bits per heavy atom. The van der Waals surface area contributed by atoms with Crippen LogP contribution in [0.5, 0.6) is 11.5 Å². The van der Waals surface area contributed by atoms with E-state index in [4.69, 9.17) is 9.47 Å². The fourth-order valence-electron chi connectivity index (χ4n) is 4.55. The average molecular weight is 531 g/mol. The largest absolute Gasteiger partial charge is 0.493 e. The molecule has 2 heterocycles. The first-order valence-corrected chi connectivity index (χ1v) is 13.5. The molecule has 1 N–H and O–H groups in total. The lowest BCUT2D eigenvalue weighted by Crippen LogP contribution is -2.34. The minimum Gasteiger partial charge on any atom is -0.493 e. The van der Waals surface area contributed by atoms with Crippen molar-refractivity contribution in [2.24, 2.45) is 5.10 Å². The normalized spacial score (nSPS) is 13.9. The zero-order valence-corrected chi connectivity index (χ0v) is 22.5. The van der Waals surface area contributed by atoms with Crippen molar-refractivity contribution in [2.75, 3.05) is 7.11 Å². The van der Waals surface area contributed by atoms with E-state index in [0.717, 1.165) is 47.2 Å². The summed E-state index contributed by atoms with van der Waals surface area (Å²) in [5.74, 6) is 0.769. The van der Waals surface area contributed by atoms with Gasteiger partial charge in [0.2, 0.25) is 0 Å². The number of hydrogen-bond donors (Lipinski definition) is 1. The molecule has 4 aromatic rings. The molecule has 0 bridgehead atoms. The highest BCUT2D eigenvalue weighted by molar-refractivity contribution is 7.18. The molecule has 0 radical (unpaired) electrons. The Morgan fingerprint density at radius 2 is 1.97 bits per heavy atom. The fourth-order valence-corrected chi connectivity index (χ4v) is 5.77. The first-order chi connectivity index (χ1) is 18.4. The monoisotopic (exact) mass is 530 g/mol. The summed E-state index contributed by atoms with van der Waals surface area (Å²) in [7, 11) is 1.58. The number of methoxy groups -OCH3 is 1. The predicted octanol–water partition coefficient (Wildman–Crippen LogP) is 4.94. The van der Waals surface area contributed by atoms with Crippen LogP contribution in [0.15, 0.2) is 58.7 Å². The van der Waals surface area contributed by atoms with Gasteiger partial charge >= 0.3 is 0 Å². The Hall–Kier alpha value is -3.98. The molecular weight excluding hydrogens is 500 g/mol. The van der Waals surface area contributed by atoms with E-state index < -0.39 is 11.9 Å². The SMILES string of the molecule is COc1cc(/C=N/NC(=O)C(C)n2cnc3sc4c(c3c2=O)CCCC4)ccc1OCc1ccc(C)cc1. The first kappa shape index (κ1) is 25.7. The number of fused-ring (bicyclic) bond motifs is 3. The summed E-state index contributed by atoms with van der Waals surface area (Å²) < 4.78 is 12.8. The Labute approximate surface area is 224 Å². The Balaban J connectivity index is 1.25. The Kier molecular flexibility index (Phi) is 7.55. The molecule has 0 saturated heterocycles. The van der Waals surface area contributed by atoms with Gasteiger partial charge in [0.1, 0.15) is 17.5 Å². The molecule has 2 aromatic heterocycles. The molecule has 1 amide bonds. The second-order valence-electron chi connectivity index (χ2n) is 9.44. The van der Waals surface area contributed by atoms with Crippen LogP contribution in [0.1, 0.15) is 52.9 Å². The van der Waals surface area contributed by atoms with Crippen molar-refractivity contribution in [3.05, 3.63) is 86.3 Å². The van der Waals surface area contributed by atoms with Gasteiger partial charge < -0.3 is 9.47 Å². The molecule has 2 aromatic carbocycles. The number of hydrogen-bond acceptors (Lipinski definition) is 7. The van der Waals surface area contributed by atoms with Crippen LogP contribution in [0.2, 0.25) is 0 Å². The molecule has 0 fully saturated rings. The lowest BCUT2D eigenvalue weighted by Gasteiger charge is -2.14. The number of thiophene rings is 1. The van der Waals surface area contributed by atoms with Crippen LogP contribution in [0.3, 0.4) is 0 Å². The van der Waals surface area contributed by atoms with Crippen LogP contribution >= 0.6 is 11.3 Å². The molecule has 0 saturated carbocycles. The van der Waals surface area contributed by atoms with E-state index >= 15 is 0 Å². The highest BCUT2D eigenvalue weighted by Gasteiger charge is 2.23. The molecule has 9 heteroatoms. The van der Waals surface area contributed by atoms with Crippen molar-refractivity contribution in [3.63, 3.8) is 0 Å². The van der Waals surface area contributed by atoms with Crippen molar-refractivity contribution >= 4 is 33.7 Å². The zero-order chi connectivity index (χ0) is 26.6. The number of rotatable bonds is 8. The number of carbonyl (C=O) groups is 1. The molecule has 0 aliphatic heterocycles. The van der Waals surface area contributed by atoms with E-state index in [9.17, 15) is 9.59 Å². The minimum absolute atomic E-state index is 0.174. The van der Waals surface area contributed by atoms with Crippen LogP contribution in [-0.4, -0.2) is 28.8 Å². The van der Waals surface area contributed by atoms with E-state index in [1.807, 2.05) is 37.3 Å². The molecule has 5 rings (SSSR count). The van der Waals surface area contributed by atoms with Crippen molar-refractivity contribution in [1.29, 1.82) is 0 Å². The number of aryl methyl sites for hydroxylation is 3. The quantitative estimate of drug-likeness (QED) is 0.257. The van der Waals surface area contributed by atoms with Crippen molar-refractivity contribution in [1.82, 2.24) is 15.0 Å². The van der Waals surface area contributed by atoms with Crippen molar-refractivity contribution in [2.45, 2.75) is 52.2 Å². The highest BCUT2D eigenvalue weighted by Crippen LogP contribution is 2.33. The number of aromatic nitrogens is 2. The van der Waals surface area contributed by atoms with Gasteiger partial charge in [0, 0.05) is 4.88 Å². The number of amides is 1. The second-order valence-corrected chi connectivity index (χ2v) is 10.5. The predicted molar refractivity (Wildman–Crippen MR) is 149 cm³/mol. The fraction of sp³-hybridized carbons (Fsp3) is 0.310. The highest BCUT2D eigenvalue weighted by atomic mass is 32.1. The van der Waals surface area contributed by atoms with E-state index in [-0.39, 0.29) is 5.56 Å². The molecule has 1 aliphatic carbocycles. The standard InChI is InChI=1S/C29H30N4O4S/c1-18-8-10-20(11-9-18)16-37-23-13-12-21(14-24(23)36-3)15-31-32-27(34)19(2)33-17-30-28-26(29(33)35)22-6-4-5-7-25(22)38-28/h8-15,17,19H,4-7,16H2,1-3H3,(H,32,34)/b31-15+. The zero-order valence-electron chi connectivity index (χ0n) is 21.7. The van der Waals surface area contributed by atoms with Gasteiger partial charge in [0.15, 0.2) is 11.5 Å². The molecule has 1 unspecified atom stereocenters. The summed E-state index contributed by atoms with van der Waals surface area (Å²) in [5, 5.41) is 4.75. The van der Waals surface area contributed by atoms with Gasteiger partial charge in [-0.05, 0) is 74.4 Å². The van der Waals surface area contributed by atoms with Crippen LogP contribution in [0, 0.1) is 6.92 Å². The summed E-state index contributed by atoms with van der Waals surface area (Å²) in [4.78, 5) is 32.5. The number of nitrogens with one attached hydrogen (secondary N) is 1. The molecule has 1 aliphatic rings. The summed E-state index contributed by atoms with van der Waals surface area (Å²) in [6.45, 7) is 4.14. The molecular formula is C29H30N4O4S. The van der Waals surface area contributed by atoms with E-state index in [1.54, 1.807) is 37.5 Å². The second kappa shape index (κ2) is 11.2. The van der Waals surface area contributed by atoms with Gasteiger partial charge in [0.05, 0.1) is 25.0 Å². The van der Waals surface area contributed by atoms with Gasteiger partial charge in [-0.2, -0.15) is 5.10 Å². The van der Waals surface area contributed by atoms with Crippen LogP contribution in [0.4, 0.5) is 0 Å². The van der Waals surface area contributed by atoms with Gasteiger partial charge in [-0.25, -0.2) is 10.4 Å². The summed E-state index contributed by atoms with van der Waals surface area (Å²) in [6.07, 6.45) is 7.07. The number of benzene rings is 2. The average Bonchev–Trinajstić information content (AvgIpc) is 3.32. The lowest BCUT2D eigenvalue weighted by molar-refractivity contribution is -0.123. The third kappa shape index (κ3) is 5.33. The van der Waals surface area contributed by atoms with Gasteiger partial charge in [-0.15, -0.1) is 11.3 Å². The smallest absolute Gasteiger partial charge is 0.263 e. The summed E-state index contributed by atoms with van der Waals surface area (Å²) >= 11 is 1.59. The minimum atomic E-state index is -0.761. The maximum Gasteiger partial charge on any atom is 0.263 e. The number of nitrogens with zero attached hydrogens (tertiary/aromatic N) is 3. The number of carbonyl (C=O) groups excluding carboxylic acids is 1. The lowest BCUT2D eigenvalue weighted by atomic mass is 9.97. The molecule has 0 spiro atoms. The maximum absolute atomic E-state index is 13.2. The molecule has 1 atom stereocenters.